The molecule has 120 valence electrons. The minimum absolute atomic E-state index is 0.0362. The first-order valence-electron chi connectivity index (χ1n) is 7.69. The highest BCUT2D eigenvalue weighted by Gasteiger charge is 2.31. The Morgan fingerprint density at radius 2 is 2.09 bits per heavy atom. The van der Waals surface area contributed by atoms with E-state index >= 15 is 0 Å². The Bertz CT molecular complexity index is 683. The van der Waals surface area contributed by atoms with E-state index in [0.717, 1.165) is 12.8 Å². The van der Waals surface area contributed by atoms with Crippen LogP contribution in [0, 0.1) is 0 Å². The van der Waals surface area contributed by atoms with E-state index in [-0.39, 0.29) is 31.4 Å². The van der Waals surface area contributed by atoms with Gasteiger partial charge in [-0.3, -0.25) is 4.79 Å². The average molecular weight is 323 g/mol. The molecule has 1 amide bonds. The summed E-state index contributed by atoms with van der Waals surface area (Å²) in [7, 11) is -3.04. The van der Waals surface area contributed by atoms with Gasteiger partial charge in [-0.05, 0) is 49.4 Å². The normalized spacial score (nSPS) is 23.1. The fourth-order valence-electron chi connectivity index (χ4n) is 3.05. The van der Waals surface area contributed by atoms with Crippen LogP contribution < -0.4 is 4.74 Å². The molecule has 1 fully saturated rings. The van der Waals surface area contributed by atoms with Crippen LogP contribution in [0.5, 0.6) is 5.75 Å². The summed E-state index contributed by atoms with van der Waals surface area (Å²) in [4.78, 5) is 13.8. The molecule has 0 radical (unpaired) electrons. The van der Waals surface area contributed by atoms with Crippen LogP contribution in [0.2, 0.25) is 0 Å². The third kappa shape index (κ3) is 3.11. The average Bonchev–Trinajstić information content (AvgIpc) is 2.95. The number of carbonyl (C=O) groups excluding carboxylic acids is 1. The van der Waals surface area contributed by atoms with E-state index in [4.69, 9.17) is 4.74 Å². The van der Waals surface area contributed by atoms with E-state index in [0.29, 0.717) is 5.75 Å². The van der Waals surface area contributed by atoms with Crippen molar-refractivity contribution in [3.63, 3.8) is 0 Å². The molecular formula is C16H21NO4S. The summed E-state index contributed by atoms with van der Waals surface area (Å²) in [6.07, 6.45) is 3.37. The lowest BCUT2D eigenvalue weighted by molar-refractivity contribution is -0.133. The van der Waals surface area contributed by atoms with Crippen LogP contribution in [-0.4, -0.2) is 49.9 Å². The molecule has 0 N–H and O–H groups in total. The van der Waals surface area contributed by atoms with Crippen molar-refractivity contribution in [2.75, 3.05) is 25.4 Å². The second-order valence-corrected chi connectivity index (χ2v) is 8.63. The molecule has 0 aromatic heterocycles. The maximum atomic E-state index is 12.2. The third-order valence-electron chi connectivity index (χ3n) is 4.52. The SMILES string of the molecule is CC1CN(C(=O)COc2ccc3c(c2)CCC3)CCS1(=O)=O. The smallest absolute Gasteiger partial charge is 0.260 e. The van der Waals surface area contributed by atoms with Gasteiger partial charge in [-0.2, -0.15) is 0 Å². The van der Waals surface area contributed by atoms with E-state index in [9.17, 15) is 13.2 Å². The summed E-state index contributed by atoms with van der Waals surface area (Å²) in [5.41, 5.74) is 2.68. The summed E-state index contributed by atoms with van der Waals surface area (Å²) >= 11 is 0. The van der Waals surface area contributed by atoms with Gasteiger partial charge < -0.3 is 9.64 Å². The van der Waals surface area contributed by atoms with E-state index in [1.165, 1.54) is 17.5 Å². The van der Waals surface area contributed by atoms with E-state index < -0.39 is 15.1 Å². The second kappa shape index (κ2) is 5.91. The molecule has 1 saturated heterocycles. The Morgan fingerprint density at radius 3 is 2.86 bits per heavy atom. The van der Waals surface area contributed by atoms with Gasteiger partial charge in [0.05, 0.1) is 11.0 Å². The summed E-state index contributed by atoms with van der Waals surface area (Å²) in [5, 5.41) is -0.495. The number of hydrogen-bond donors (Lipinski definition) is 0. The Kier molecular flexibility index (Phi) is 4.12. The zero-order valence-electron chi connectivity index (χ0n) is 12.7. The van der Waals surface area contributed by atoms with Crippen molar-refractivity contribution in [3.05, 3.63) is 29.3 Å². The number of sulfone groups is 1. The molecule has 0 spiro atoms. The number of ether oxygens (including phenoxy) is 1. The van der Waals surface area contributed by atoms with Crippen molar-refractivity contribution in [1.29, 1.82) is 0 Å². The van der Waals surface area contributed by atoms with Crippen molar-refractivity contribution >= 4 is 15.7 Å². The molecule has 0 saturated carbocycles. The number of aryl methyl sites for hydroxylation is 2. The fourth-order valence-corrected chi connectivity index (χ4v) is 4.34. The van der Waals surface area contributed by atoms with Crippen molar-refractivity contribution in [3.8, 4) is 5.75 Å². The van der Waals surface area contributed by atoms with Gasteiger partial charge in [-0.15, -0.1) is 0 Å². The van der Waals surface area contributed by atoms with Crippen LogP contribution in [0.3, 0.4) is 0 Å². The number of amides is 1. The molecule has 0 bridgehead atoms. The molecule has 3 rings (SSSR count). The maximum Gasteiger partial charge on any atom is 0.260 e. The molecule has 2 aliphatic rings. The molecule has 1 aliphatic carbocycles. The number of carbonyl (C=O) groups is 1. The summed E-state index contributed by atoms with van der Waals surface area (Å²) in [6, 6.07) is 5.98. The Labute approximate surface area is 131 Å². The predicted molar refractivity (Wildman–Crippen MR) is 83.8 cm³/mol. The predicted octanol–water partition coefficient (Wildman–Crippen LogP) is 1.20. The first kappa shape index (κ1) is 15.3. The van der Waals surface area contributed by atoms with Crippen molar-refractivity contribution in [2.24, 2.45) is 0 Å². The first-order chi connectivity index (χ1) is 10.5. The second-order valence-electron chi connectivity index (χ2n) is 6.09. The van der Waals surface area contributed by atoms with E-state index in [1.54, 1.807) is 11.8 Å². The van der Waals surface area contributed by atoms with Gasteiger partial charge in [0.25, 0.3) is 5.91 Å². The van der Waals surface area contributed by atoms with Crippen LogP contribution >= 0.6 is 0 Å². The van der Waals surface area contributed by atoms with Crippen LogP contribution in [0.1, 0.15) is 24.5 Å². The molecule has 1 heterocycles. The monoisotopic (exact) mass is 323 g/mol. The van der Waals surface area contributed by atoms with Gasteiger partial charge >= 0.3 is 0 Å². The van der Waals surface area contributed by atoms with E-state index in [1.807, 2.05) is 12.1 Å². The minimum atomic E-state index is -3.04. The van der Waals surface area contributed by atoms with Gasteiger partial charge in [0.1, 0.15) is 5.75 Å². The first-order valence-corrected chi connectivity index (χ1v) is 9.41. The van der Waals surface area contributed by atoms with Gasteiger partial charge in [-0.1, -0.05) is 6.07 Å². The lowest BCUT2D eigenvalue weighted by Crippen LogP contribution is -2.49. The third-order valence-corrected chi connectivity index (χ3v) is 6.65. The Morgan fingerprint density at radius 1 is 1.32 bits per heavy atom. The van der Waals surface area contributed by atoms with Crippen molar-refractivity contribution < 1.29 is 17.9 Å². The molecule has 22 heavy (non-hydrogen) atoms. The zero-order valence-corrected chi connectivity index (χ0v) is 13.6. The van der Waals surface area contributed by atoms with E-state index in [2.05, 4.69) is 6.07 Å². The lowest BCUT2D eigenvalue weighted by Gasteiger charge is -2.30. The Hall–Kier alpha value is -1.56. The van der Waals surface area contributed by atoms with Crippen LogP contribution in [0.15, 0.2) is 18.2 Å². The Balaban J connectivity index is 1.57. The van der Waals surface area contributed by atoms with Crippen LogP contribution in [-0.2, 0) is 27.5 Å². The number of benzene rings is 1. The molecule has 5 nitrogen and oxygen atoms in total. The number of hydrogen-bond acceptors (Lipinski definition) is 4. The molecule has 1 unspecified atom stereocenters. The summed E-state index contributed by atoms with van der Waals surface area (Å²) in [5.74, 6) is 0.604. The highest BCUT2D eigenvalue weighted by molar-refractivity contribution is 7.92. The number of fused-ring (bicyclic) bond motifs is 1. The standard InChI is InChI=1S/C16H21NO4S/c1-12-10-17(7-8-22(12,19)20)16(18)11-21-15-6-5-13-3-2-4-14(13)9-15/h5-6,9,12H,2-4,7-8,10-11H2,1H3. The summed E-state index contributed by atoms with van der Waals surface area (Å²) < 4.78 is 28.9. The van der Waals surface area contributed by atoms with Crippen LogP contribution in [0.25, 0.3) is 0 Å². The maximum absolute atomic E-state index is 12.2. The lowest BCUT2D eigenvalue weighted by atomic mass is 10.1. The molecule has 1 aromatic rings. The highest BCUT2D eigenvalue weighted by Crippen LogP contribution is 2.26. The zero-order chi connectivity index (χ0) is 15.7. The van der Waals surface area contributed by atoms with Crippen molar-refractivity contribution in [2.45, 2.75) is 31.4 Å². The van der Waals surface area contributed by atoms with Gasteiger partial charge in [0.2, 0.25) is 0 Å². The topological polar surface area (TPSA) is 63.7 Å². The molecule has 1 aromatic carbocycles. The van der Waals surface area contributed by atoms with Crippen LogP contribution in [0.4, 0.5) is 0 Å². The molecule has 1 atom stereocenters. The van der Waals surface area contributed by atoms with Gasteiger partial charge in [-0.25, -0.2) is 8.42 Å². The summed E-state index contributed by atoms with van der Waals surface area (Å²) in [6.45, 7) is 2.13. The number of nitrogens with zero attached hydrogens (tertiary/aromatic N) is 1. The molecule has 1 aliphatic heterocycles. The van der Waals surface area contributed by atoms with Gasteiger partial charge in [0.15, 0.2) is 16.4 Å². The molecular weight excluding hydrogens is 302 g/mol. The quantitative estimate of drug-likeness (QED) is 0.838. The minimum Gasteiger partial charge on any atom is -0.484 e. The highest BCUT2D eigenvalue weighted by atomic mass is 32.2. The fraction of sp³-hybridized carbons (Fsp3) is 0.562. The molecule has 6 heteroatoms. The van der Waals surface area contributed by atoms with Gasteiger partial charge in [0, 0.05) is 13.1 Å². The largest absolute Gasteiger partial charge is 0.484 e. The number of rotatable bonds is 3. The van der Waals surface area contributed by atoms with Crippen molar-refractivity contribution in [1.82, 2.24) is 4.90 Å².